The van der Waals surface area contributed by atoms with Gasteiger partial charge in [0.1, 0.15) is 11.4 Å². The molecule has 0 N–H and O–H groups in total. The van der Waals surface area contributed by atoms with E-state index in [1.54, 1.807) is 24.7 Å². The maximum absolute atomic E-state index is 12.2. The summed E-state index contributed by atoms with van der Waals surface area (Å²) in [5.74, 6) is 1.67. The Bertz CT molecular complexity index is 1250. The van der Waals surface area contributed by atoms with Crippen molar-refractivity contribution in [1.29, 1.82) is 0 Å². The molecule has 7 nitrogen and oxygen atoms in total. The highest BCUT2D eigenvalue weighted by Gasteiger charge is 2.11. The van der Waals surface area contributed by atoms with Gasteiger partial charge in [0.25, 0.3) is 11.4 Å². The van der Waals surface area contributed by atoms with E-state index in [-0.39, 0.29) is 5.56 Å². The number of hydrogen-bond donors (Lipinski definition) is 0. The second-order valence-corrected chi connectivity index (χ2v) is 6.51. The predicted octanol–water partition coefficient (Wildman–Crippen LogP) is 3.95. The Morgan fingerprint density at radius 3 is 2.62 bits per heavy atom. The van der Waals surface area contributed by atoms with E-state index in [2.05, 4.69) is 15.1 Å². The Balaban J connectivity index is 1.63. The molecule has 0 saturated carbocycles. The van der Waals surface area contributed by atoms with E-state index in [0.717, 1.165) is 27.9 Å². The van der Waals surface area contributed by atoms with Gasteiger partial charge < -0.3 is 13.8 Å². The molecule has 4 aromatic rings. The van der Waals surface area contributed by atoms with Crippen molar-refractivity contribution in [1.82, 2.24) is 19.7 Å². The normalized spacial score (nSPS) is 11.4. The second-order valence-electron chi connectivity index (χ2n) is 6.51. The van der Waals surface area contributed by atoms with E-state index in [0.29, 0.717) is 24.0 Å². The highest BCUT2D eigenvalue weighted by molar-refractivity contribution is 5.80. The van der Waals surface area contributed by atoms with E-state index in [4.69, 9.17) is 9.26 Å². The van der Waals surface area contributed by atoms with Gasteiger partial charge in [0.2, 0.25) is 5.82 Å². The van der Waals surface area contributed by atoms with Crippen LogP contribution in [0.15, 0.2) is 51.8 Å². The highest BCUT2D eigenvalue weighted by Crippen LogP contribution is 2.22. The van der Waals surface area contributed by atoms with Crippen molar-refractivity contribution >= 4 is 23.2 Å². The van der Waals surface area contributed by atoms with Gasteiger partial charge in [-0.05, 0) is 55.8 Å². The molecule has 0 saturated heterocycles. The molecule has 0 fully saturated rings. The maximum atomic E-state index is 12.2. The molecule has 29 heavy (non-hydrogen) atoms. The molecule has 0 unspecified atom stereocenters. The minimum Gasteiger partial charge on any atom is -0.497 e. The molecule has 146 valence electrons. The molecule has 0 amide bonds. The highest BCUT2D eigenvalue weighted by atomic mass is 16.5. The third-order valence-corrected chi connectivity index (χ3v) is 4.66. The minimum atomic E-state index is -0.0710. The average molecular weight is 388 g/mol. The van der Waals surface area contributed by atoms with Crippen LogP contribution >= 0.6 is 0 Å². The van der Waals surface area contributed by atoms with Crippen LogP contribution < -0.4 is 10.3 Å². The predicted molar refractivity (Wildman–Crippen MR) is 112 cm³/mol. The number of rotatable bonds is 5. The zero-order chi connectivity index (χ0) is 20.4. The first-order chi connectivity index (χ1) is 14.1. The van der Waals surface area contributed by atoms with Crippen molar-refractivity contribution in [2.75, 3.05) is 7.11 Å². The summed E-state index contributed by atoms with van der Waals surface area (Å²) in [7, 11) is 1.63. The summed E-state index contributed by atoms with van der Waals surface area (Å²) in [4.78, 5) is 21.1. The van der Waals surface area contributed by atoms with E-state index in [9.17, 15) is 4.79 Å². The Morgan fingerprint density at radius 2 is 1.90 bits per heavy atom. The number of aryl methyl sites for hydroxylation is 2. The topological polar surface area (TPSA) is 83.0 Å². The lowest BCUT2D eigenvalue weighted by Crippen LogP contribution is -2.23. The Labute approximate surface area is 167 Å². The largest absolute Gasteiger partial charge is 0.497 e. The standard InChI is InChI=1S/C22H20N4O3/c1-4-26-19-11-8-16(13-18(19)23-14(2)22(26)27)21-24-20(29-25-21)12-7-15-5-9-17(28-3)10-6-15/h5-13H,4H2,1-3H3/b12-7+. The molecule has 4 rings (SSSR count). The van der Waals surface area contributed by atoms with Crippen LogP contribution in [0.1, 0.15) is 24.1 Å². The monoisotopic (exact) mass is 388 g/mol. The first-order valence-corrected chi connectivity index (χ1v) is 9.26. The van der Waals surface area contributed by atoms with E-state index in [1.807, 2.05) is 55.5 Å². The quantitative estimate of drug-likeness (QED) is 0.515. The molecule has 0 spiro atoms. The lowest BCUT2D eigenvalue weighted by atomic mass is 10.1. The number of aromatic nitrogens is 4. The molecule has 2 aromatic heterocycles. The lowest BCUT2D eigenvalue weighted by molar-refractivity contribution is 0.411. The summed E-state index contributed by atoms with van der Waals surface area (Å²) >= 11 is 0. The van der Waals surface area contributed by atoms with E-state index < -0.39 is 0 Å². The fraction of sp³-hybridized carbons (Fsp3) is 0.182. The van der Waals surface area contributed by atoms with Crippen molar-refractivity contribution in [2.45, 2.75) is 20.4 Å². The van der Waals surface area contributed by atoms with Crippen LogP contribution in [0.4, 0.5) is 0 Å². The molecule has 0 radical (unpaired) electrons. The van der Waals surface area contributed by atoms with Gasteiger partial charge in [-0.25, -0.2) is 4.98 Å². The van der Waals surface area contributed by atoms with Gasteiger partial charge >= 0.3 is 0 Å². The fourth-order valence-corrected chi connectivity index (χ4v) is 3.13. The average Bonchev–Trinajstić information content (AvgIpc) is 3.22. The van der Waals surface area contributed by atoms with Gasteiger partial charge in [-0.3, -0.25) is 4.79 Å². The minimum absolute atomic E-state index is 0.0710. The van der Waals surface area contributed by atoms with Gasteiger partial charge in [0.05, 0.1) is 18.1 Å². The van der Waals surface area contributed by atoms with Crippen molar-refractivity contribution in [3.63, 3.8) is 0 Å². The number of hydrogen-bond acceptors (Lipinski definition) is 6. The molecule has 0 bridgehead atoms. The molecule has 0 atom stereocenters. The smallest absolute Gasteiger partial charge is 0.272 e. The SMILES string of the molecule is CCn1c(=O)c(C)nc2cc(-c3noc(/C=C/c4ccc(OC)cc4)n3)ccc21. The molecular formula is C22H20N4O3. The number of ether oxygens (including phenoxy) is 1. The van der Waals surface area contributed by atoms with Gasteiger partial charge in [0, 0.05) is 18.2 Å². The molecule has 2 heterocycles. The van der Waals surface area contributed by atoms with E-state index >= 15 is 0 Å². The first-order valence-electron chi connectivity index (χ1n) is 9.26. The number of nitrogens with zero attached hydrogens (tertiary/aromatic N) is 4. The van der Waals surface area contributed by atoms with E-state index in [1.165, 1.54) is 0 Å². The molecule has 0 aliphatic heterocycles. The Morgan fingerprint density at radius 1 is 1.10 bits per heavy atom. The lowest BCUT2D eigenvalue weighted by Gasteiger charge is -2.09. The molecular weight excluding hydrogens is 368 g/mol. The summed E-state index contributed by atoms with van der Waals surface area (Å²) in [6.45, 7) is 4.24. The second kappa shape index (κ2) is 7.71. The Hall–Kier alpha value is -3.74. The molecule has 7 heteroatoms. The molecule has 2 aromatic carbocycles. The molecule has 0 aliphatic carbocycles. The van der Waals surface area contributed by atoms with Crippen LogP contribution in [0.5, 0.6) is 5.75 Å². The van der Waals surface area contributed by atoms with Crippen molar-refractivity contribution in [3.05, 3.63) is 70.0 Å². The van der Waals surface area contributed by atoms with Crippen LogP contribution in [0, 0.1) is 6.92 Å². The summed E-state index contributed by atoms with van der Waals surface area (Å²) in [5.41, 5.74) is 3.68. The van der Waals surface area contributed by atoms with Crippen LogP contribution in [0.3, 0.4) is 0 Å². The van der Waals surface area contributed by atoms with Gasteiger partial charge in [-0.2, -0.15) is 4.98 Å². The fourth-order valence-electron chi connectivity index (χ4n) is 3.13. The van der Waals surface area contributed by atoms with Crippen molar-refractivity contribution in [3.8, 4) is 17.1 Å². The summed E-state index contributed by atoms with van der Waals surface area (Å²) < 4.78 is 12.2. The van der Waals surface area contributed by atoms with Gasteiger partial charge in [0.15, 0.2) is 0 Å². The molecule has 0 aliphatic rings. The maximum Gasteiger partial charge on any atom is 0.272 e. The third kappa shape index (κ3) is 3.67. The van der Waals surface area contributed by atoms with Gasteiger partial charge in [-0.15, -0.1) is 0 Å². The first kappa shape index (κ1) is 18.6. The van der Waals surface area contributed by atoms with Crippen molar-refractivity contribution in [2.24, 2.45) is 0 Å². The van der Waals surface area contributed by atoms with Crippen LogP contribution in [-0.2, 0) is 6.54 Å². The Kier molecular flexibility index (Phi) is 4.95. The van der Waals surface area contributed by atoms with Crippen LogP contribution in [-0.4, -0.2) is 26.8 Å². The summed E-state index contributed by atoms with van der Waals surface area (Å²) in [6, 6.07) is 13.3. The summed E-state index contributed by atoms with van der Waals surface area (Å²) in [6.07, 6.45) is 3.65. The number of fused-ring (bicyclic) bond motifs is 1. The van der Waals surface area contributed by atoms with Crippen LogP contribution in [0.25, 0.3) is 34.6 Å². The zero-order valence-electron chi connectivity index (χ0n) is 16.4. The van der Waals surface area contributed by atoms with Crippen molar-refractivity contribution < 1.29 is 9.26 Å². The third-order valence-electron chi connectivity index (χ3n) is 4.66. The summed E-state index contributed by atoms with van der Waals surface area (Å²) in [5, 5.41) is 4.06. The number of methoxy groups -OCH3 is 1. The number of benzene rings is 2. The zero-order valence-corrected chi connectivity index (χ0v) is 16.4. The van der Waals surface area contributed by atoms with Crippen LogP contribution in [0.2, 0.25) is 0 Å². The van der Waals surface area contributed by atoms with Gasteiger partial charge in [-0.1, -0.05) is 17.3 Å².